The van der Waals surface area contributed by atoms with Crippen LogP contribution < -0.4 is 25.4 Å². The molecule has 3 aliphatic rings. The first kappa shape index (κ1) is 28.4. The summed E-state index contributed by atoms with van der Waals surface area (Å²) >= 11 is 0. The Morgan fingerprint density at radius 3 is 2.55 bits per heavy atom. The Morgan fingerprint density at radius 1 is 0.977 bits per heavy atom. The average Bonchev–Trinajstić information content (AvgIpc) is 3.05. The zero-order valence-electron chi connectivity index (χ0n) is 25.4. The van der Waals surface area contributed by atoms with Crippen molar-refractivity contribution in [1.29, 1.82) is 0 Å². The third kappa shape index (κ3) is 6.13. The highest BCUT2D eigenvalue weighted by Crippen LogP contribution is 2.43. The number of anilines is 3. The van der Waals surface area contributed by atoms with Crippen LogP contribution in [0, 0.1) is 0 Å². The summed E-state index contributed by atoms with van der Waals surface area (Å²) in [7, 11) is 3.91. The van der Waals surface area contributed by atoms with Gasteiger partial charge in [0, 0.05) is 106 Å². The van der Waals surface area contributed by atoms with Gasteiger partial charge in [-0.15, -0.1) is 0 Å². The summed E-state index contributed by atoms with van der Waals surface area (Å²) in [4.78, 5) is 31.2. The molecular formula is C34H39N7O3. The zero-order chi connectivity index (χ0) is 30.0. The van der Waals surface area contributed by atoms with Crippen LogP contribution in [0.4, 0.5) is 17.3 Å². The van der Waals surface area contributed by atoms with Crippen LogP contribution in [0.5, 0.6) is 11.5 Å². The number of likely N-dealkylation sites (tertiary alicyclic amines) is 1. The van der Waals surface area contributed by atoms with E-state index in [0.29, 0.717) is 19.3 Å². The number of nitrogens with one attached hydrogen (secondary N) is 2. The molecule has 10 heteroatoms. The molecule has 4 aromatic rings. The van der Waals surface area contributed by atoms with Gasteiger partial charge < -0.3 is 29.6 Å². The van der Waals surface area contributed by atoms with E-state index >= 15 is 0 Å². The highest BCUT2D eigenvalue weighted by molar-refractivity contribution is 5.74. The molecule has 0 bridgehead atoms. The summed E-state index contributed by atoms with van der Waals surface area (Å²) in [6.45, 7) is 5.83. The Hall–Kier alpha value is -4.41. The molecule has 0 saturated carbocycles. The van der Waals surface area contributed by atoms with Gasteiger partial charge in [-0.25, -0.2) is 9.97 Å². The molecule has 2 aromatic carbocycles. The second-order valence-electron chi connectivity index (χ2n) is 12.1. The van der Waals surface area contributed by atoms with Gasteiger partial charge in [0.2, 0.25) is 11.5 Å². The van der Waals surface area contributed by atoms with Crippen LogP contribution in [-0.4, -0.2) is 79.4 Å². The molecule has 2 saturated heterocycles. The van der Waals surface area contributed by atoms with E-state index in [2.05, 4.69) is 54.3 Å². The molecule has 2 aromatic heterocycles. The first-order chi connectivity index (χ1) is 21.5. The summed E-state index contributed by atoms with van der Waals surface area (Å²) in [5.74, 6) is 2.41. The summed E-state index contributed by atoms with van der Waals surface area (Å²) in [5.41, 5.74) is 7.00. The van der Waals surface area contributed by atoms with Gasteiger partial charge in [0.25, 0.3) is 0 Å². The average molecular weight is 594 g/mol. The fourth-order valence-corrected chi connectivity index (χ4v) is 6.35. The van der Waals surface area contributed by atoms with Crippen molar-refractivity contribution in [2.45, 2.75) is 31.8 Å². The number of rotatable bonds is 7. The van der Waals surface area contributed by atoms with E-state index in [1.807, 2.05) is 49.6 Å². The van der Waals surface area contributed by atoms with Crippen molar-refractivity contribution >= 4 is 17.3 Å². The SMILES string of the molecule is CN(C)c1ncc(CN2CCC(Nc3ccc4c(c3)Cc3cccc(-c5cc(N6CCOCC6)cc(=O)[nH]5)c3O4)CC2)cn1. The predicted molar refractivity (Wildman–Crippen MR) is 173 cm³/mol. The summed E-state index contributed by atoms with van der Waals surface area (Å²) in [5, 5.41) is 3.77. The van der Waals surface area contributed by atoms with E-state index in [0.717, 1.165) is 109 Å². The monoisotopic (exact) mass is 593 g/mol. The minimum Gasteiger partial charge on any atom is -0.456 e. The lowest BCUT2D eigenvalue weighted by atomic mass is 9.95. The van der Waals surface area contributed by atoms with Gasteiger partial charge in [0.1, 0.15) is 11.5 Å². The second-order valence-corrected chi connectivity index (χ2v) is 12.1. The van der Waals surface area contributed by atoms with Gasteiger partial charge in [-0.2, -0.15) is 0 Å². The summed E-state index contributed by atoms with van der Waals surface area (Å²) < 4.78 is 12.0. The number of piperidine rings is 1. The molecule has 0 unspecified atom stereocenters. The fraction of sp³-hybridized carbons (Fsp3) is 0.382. The Bertz CT molecular complexity index is 1670. The number of aromatic nitrogens is 3. The number of para-hydroxylation sites is 1. The first-order valence-electron chi connectivity index (χ1n) is 15.5. The van der Waals surface area contributed by atoms with E-state index in [9.17, 15) is 4.79 Å². The first-order valence-corrected chi connectivity index (χ1v) is 15.5. The van der Waals surface area contributed by atoms with Crippen LogP contribution in [0.15, 0.2) is 65.7 Å². The van der Waals surface area contributed by atoms with Gasteiger partial charge in [0.05, 0.1) is 18.9 Å². The molecule has 3 aliphatic heterocycles. The van der Waals surface area contributed by atoms with Crippen LogP contribution in [0.25, 0.3) is 11.3 Å². The van der Waals surface area contributed by atoms with E-state index in [1.165, 1.54) is 0 Å². The number of aromatic amines is 1. The molecule has 44 heavy (non-hydrogen) atoms. The van der Waals surface area contributed by atoms with E-state index in [1.54, 1.807) is 6.07 Å². The summed E-state index contributed by atoms with van der Waals surface area (Å²) in [6, 6.07) is 16.7. The van der Waals surface area contributed by atoms with Gasteiger partial charge in [0.15, 0.2) is 0 Å². The normalized spacial score (nSPS) is 17.0. The maximum Gasteiger partial charge on any atom is 0.250 e. The molecule has 228 valence electrons. The Labute approximate surface area is 257 Å². The van der Waals surface area contributed by atoms with E-state index in [-0.39, 0.29) is 5.56 Å². The largest absolute Gasteiger partial charge is 0.456 e. The molecule has 2 fully saturated rings. The maximum atomic E-state index is 12.7. The number of nitrogens with zero attached hydrogens (tertiary/aromatic N) is 5. The van der Waals surface area contributed by atoms with Crippen LogP contribution >= 0.6 is 0 Å². The van der Waals surface area contributed by atoms with Crippen molar-refractivity contribution in [3.63, 3.8) is 0 Å². The molecule has 7 rings (SSSR count). The quantitative estimate of drug-likeness (QED) is 0.283. The lowest BCUT2D eigenvalue weighted by Crippen LogP contribution is -2.38. The molecule has 0 spiro atoms. The van der Waals surface area contributed by atoms with E-state index in [4.69, 9.17) is 9.47 Å². The standard InChI is InChI=1S/C34H39N7O3/c1-39(2)34-35-20-23(21-36-34)22-40-10-8-26(9-11-40)37-27-6-7-31-25(17-27)16-24-4-3-5-29(33(24)44-31)30-18-28(19-32(42)38-30)41-12-14-43-15-13-41/h3-7,17-21,26,37H,8-16,22H2,1-2H3,(H,38,42). The number of H-pyrrole nitrogens is 1. The number of morpholine rings is 1. The van der Waals surface area contributed by atoms with Crippen molar-refractivity contribution in [3.05, 3.63) is 88.0 Å². The van der Waals surface area contributed by atoms with Crippen molar-refractivity contribution < 1.29 is 9.47 Å². The molecule has 0 aliphatic carbocycles. The van der Waals surface area contributed by atoms with E-state index < -0.39 is 0 Å². The minimum atomic E-state index is -0.118. The van der Waals surface area contributed by atoms with Crippen molar-refractivity contribution in [1.82, 2.24) is 19.9 Å². The fourth-order valence-electron chi connectivity index (χ4n) is 6.35. The number of benzene rings is 2. The van der Waals surface area contributed by atoms with Gasteiger partial charge in [-0.05, 0) is 48.7 Å². The number of ether oxygens (including phenoxy) is 2. The molecule has 0 atom stereocenters. The number of hydrogen-bond donors (Lipinski definition) is 2. The molecule has 10 nitrogen and oxygen atoms in total. The highest BCUT2D eigenvalue weighted by Gasteiger charge is 2.24. The van der Waals surface area contributed by atoms with Crippen LogP contribution in [0.3, 0.4) is 0 Å². The molecular weight excluding hydrogens is 554 g/mol. The lowest BCUT2D eigenvalue weighted by molar-refractivity contribution is 0.122. The third-order valence-corrected chi connectivity index (χ3v) is 8.70. The van der Waals surface area contributed by atoms with Crippen molar-refractivity contribution in [2.24, 2.45) is 0 Å². The highest BCUT2D eigenvalue weighted by atomic mass is 16.5. The molecule has 0 amide bonds. The van der Waals surface area contributed by atoms with Crippen LogP contribution in [-0.2, 0) is 17.7 Å². The minimum absolute atomic E-state index is 0.118. The number of fused-ring (bicyclic) bond motifs is 2. The Kier molecular flexibility index (Phi) is 7.93. The van der Waals surface area contributed by atoms with Crippen molar-refractivity contribution in [2.75, 3.05) is 68.6 Å². The lowest BCUT2D eigenvalue weighted by Gasteiger charge is -2.33. The maximum absolute atomic E-state index is 12.7. The van der Waals surface area contributed by atoms with Gasteiger partial charge >= 0.3 is 0 Å². The Morgan fingerprint density at radius 2 is 1.77 bits per heavy atom. The van der Waals surface area contributed by atoms with Gasteiger partial charge in [-0.3, -0.25) is 9.69 Å². The molecule has 2 N–H and O–H groups in total. The molecule has 0 radical (unpaired) electrons. The zero-order valence-corrected chi connectivity index (χ0v) is 25.4. The van der Waals surface area contributed by atoms with Gasteiger partial charge in [-0.1, -0.05) is 12.1 Å². The Balaban J connectivity index is 1.01. The number of hydrogen-bond acceptors (Lipinski definition) is 9. The topological polar surface area (TPSA) is 98.9 Å². The smallest absolute Gasteiger partial charge is 0.250 e. The predicted octanol–water partition coefficient (Wildman–Crippen LogP) is 4.51. The van der Waals surface area contributed by atoms with Crippen LogP contribution in [0.1, 0.15) is 29.5 Å². The van der Waals surface area contributed by atoms with Crippen molar-refractivity contribution in [3.8, 4) is 22.8 Å². The summed E-state index contributed by atoms with van der Waals surface area (Å²) in [6.07, 6.45) is 6.81. The molecule has 5 heterocycles. The second kappa shape index (κ2) is 12.3. The third-order valence-electron chi connectivity index (χ3n) is 8.70. The number of pyridine rings is 1. The van der Waals surface area contributed by atoms with Crippen LogP contribution in [0.2, 0.25) is 0 Å².